The Balaban J connectivity index is 1.61. The molecule has 1 aliphatic heterocycles. The number of rotatable bonds is 8. The van der Waals surface area contributed by atoms with Gasteiger partial charge in [0, 0.05) is 17.5 Å². The third-order valence-corrected chi connectivity index (χ3v) is 5.77. The highest BCUT2D eigenvalue weighted by Gasteiger charge is 2.22. The van der Waals surface area contributed by atoms with Crippen molar-refractivity contribution in [3.05, 3.63) is 107 Å². The highest BCUT2D eigenvalue weighted by molar-refractivity contribution is 5.92. The first-order valence-electron chi connectivity index (χ1n) is 11.7. The second-order valence-electron chi connectivity index (χ2n) is 8.10. The van der Waals surface area contributed by atoms with Gasteiger partial charge in [-0.15, -0.1) is 0 Å². The summed E-state index contributed by atoms with van der Waals surface area (Å²) < 4.78 is 16.8. The fourth-order valence-corrected chi connectivity index (χ4v) is 4.04. The predicted octanol–water partition coefficient (Wildman–Crippen LogP) is 6.21. The van der Waals surface area contributed by atoms with E-state index in [-0.39, 0.29) is 5.97 Å². The molecule has 2 heterocycles. The zero-order valence-corrected chi connectivity index (χ0v) is 20.4. The van der Waals surface area contributed by atoms with Crippen LogP contribution in [-0.4, -0.2) is 31.3 Å². The molecule has 0 radical (unpaired) electrons. The van der Waals surface area contributed by atoms with Crippen molar-refractivity contribution < 1.29 is 19.0 Å². The molecular weight excluding hydrogens is 440 g/mol. The Morgan fingerprint density at radius 1 is 1.06 bits per heavy atom. The Morgan fingerprint density at radius 3 is 2.71 bits per heavy atom. The van der Waals surface area contributed by atoms with Crippen LogP contribution in [-0.2, 0) is 9.47 Å². The van der Waals surface area contributed by atoms with Crippen molar-refractivity contribution in [1.29, 1.82) is 0 Å². The molecule has 0 bridgehead atoms. The number of carbonyl (C=O) groups is 1. The van der Waals surface area contributed by atoms with Gasteiger partial charge < -0.3 is 19.1 Å². The summed E-state index contributed by atoms with van der Waals surface area (Å²) in [5.74, 6) is 1.25. The number of methoxy groups -OCH3 is 1. The van der Waals surface area contributed by atoms with Crippen molar-refractivity contribution >= 4 is 17.4 Å². The van der Waals surface area contributed by atoms with E-state index in [1.54, 1.807) is 20.2 Å². The van der Waals surface area contributed by atoms with E-state index in [4.69, 9.17) is 14.2 Å². The van der Waals surface area contributed by atoms with Gasteiger partial charge in [-0.3, -0.25) is 4.98 Å². The molecule has 180 valence electrons. The molecule has 0 unspecified atom stereocenters. The number of esters is 1. The SMILES string of the molecule is CCOC(=O)c1cncc(N2C(C)=CCC=C2c2ccccc2OCC2=CCC=C(OC)C=C2)c1. The largest absolute Gasteiger partial charge is 0.497 e. The summed E-state index contributed by atoms with van der Waals surface area (Å²) in [5.41, 5.74) is 5.29. The van der Waals surface area contributed by atoms with Gasteiger partial charge in [-0.05, 0) is 62.6 Å². The minimum Gasteiger partial charge on any atom is -0.497 e. The summed E-state index contributed by atoms with van der Waals surface area (Å²) in [6.07, 6.45) is 17.3. The van der Waals surface area contributed by atoms with Crippen LogP contribution in [0.3, 0.4) is 0 Å². The van der Waals surface area contributed by atoms with Crippen LogP contribution in [0.25, 0.3) is 5.70 Å². The molecule has 0 fully saturated rings. The molecule has 0 atom stereocenters. The van der Waals surface area contributed by atoms with Gasteiger partial charge in [0.2, 0.25) is 0 Å². The molecule has 1 aromatic heterocycles. The number of aromatic nitrogens is 1. The number of anilines is 1. The molecule has 0 saturated heterocycles. The molecule has 0 N–H and O–H groups in total. The van der Waals surface area contributed by atoms with Gasteiger partial charge >= 0.3 is 5.97 Å². The van der Waals surface area contributed by atoms with Crippen molar-refractivity contribution in [2.45, 2.75) is 26.7 Å². The van der Waals surface area contributed by atoms with Gasteiger partial charge in [0.25, 0.3) is 0 Å². The molecule has 6 heteroatoms. The number of pyridine rings is 1. The lowest BCUT2D eigenvalue weighted by atomic mass is 10.0. The van der Waals surface area contributed by atoms with Gasteiger partial charge in [0.05, 0.1) is 36.9 Å². The number of hydrogen-bond donors (Lipinski definition) is 0. The van der Waals surface area contributed by atoms with Gasteiger partial charge in [-0.1, -0.05) is 36.4 Å². The van der Waals surface area contributed by atoms with E-state index >= 15 is 0 Å². The van der Waals surface area contributed by atoms with Crippen LogP contribution in [0, 0.1) is 0 Å². The number of hydrogen-bond acceptors (Lipinski definition) is 6. The van der Waals surface area contributed by atoms with Crippen molar-refractivity contribution in [2.75, 3.05) is 25.2 Å². The van der Waals surface area contributed by atoms with E-state index in [9.17, 15) is 4.79 Å². The Kier molecular flexibility index (Phi) is 7.83. The zero-order valence-electron chi connectivity index (χ0n) is 20.4. The van der Waals surface area contributed by atoms with E-state index in [0.717, 1.165) is 52.6 Å². The van der Waals surface area contributed by atoms with Crippen LogP contribution in [0.4, 0.5) is 5.69 Å². The van der Waals surface area contributed by atoms with Gasteiger partial charge in [0.15, 0.2) is 0 Å². The fraction of sp³-hybridized carbons (Fsp3) is 0.241. The first-order valence-corrected chi connectivity index (χ1v) is 11.7. The normalized spacial score (nSPS) is 15.3. The smallest absolute Gasteiger partial charge is 0.339 e. The van der Waals surface area contributed by atoms with Crippen LogP contribution in [0.2, 0.25) is 0 Å². The first kappa shape index (κ1) is 24.1. The summed E-state index contributed by atoms with van der Waals surface area (Å²) in [5, 5.41) is 0. The van der Waals surface area contributed by atoms with E-state index in [1.807, 2.05) is 42.5 Å². The Bertz CT molecular complexity index is 1240. The Hall–Kier alpha value is -4.06. The topological polar surface area (TPSA) is 60.9 Å². The van der Waals surface area contributed by atoms with Crippen LogP contribution in [0.5, 0.6) is 5.75 Å². The molecule has 0 saturated carbocycles. The quantitative estimate of drug-likeness (QED) is 0.428. The predicted molar refractivity (Wildman–Crippen MR) is 138 cm³/mol. The summed E-state index contributed by atoms with van der Waals surface area (Å²) in [4.78, 5) is 18.7. The summed E-state index contributed by atoms with van der Waals surface area (Å²) in [6, 6.07) is 9.82. The standard InChI is InChI=1S/C29H30N2O4/c1-4-34-29(32)23-17-24(19-30-18-23)31-21(2)9-7-13-27(31)26-12-5-6-14-28(26)35-20-22-10-8-11-25(33-3)16-15-22/h5-6,9-19H,4,7-8,20H2,1-3H3. The zero-order chi connectivity index (χ0) is 24.6. The maximum atomic E-state index is 12.3. The van der Waals surface area contributed by atoms with E-state index in [0.29, 0.717) is 18.8 Å². The lowest BCUT2D eigenvalue weighted by Gasteiger charge is -2.32. The highest BCUT2D eigenvalue weighted by Crippen LogP contribution is 2.37. The van der Waals surface area contributed by atoms with Crippen molar-refractivity contribution in [2.24, 2.45) is 0 Å². The lowest BCUT2D eigenvalue weighted by molar-refractivity contribution is 0.0526. The second-order valence-corrected chi connectivity index (χ2v) is 8.10. The number of nitrogens with zero attached hydrogens (tertiary/aromatic N) is 2. The molecular formula is C29H30N2O4. The van der Waals surface area contributed by atoms with Crippen molar-refractivity contribution in [3.8, 4) is 5.75 Å². The van der Waals surface area contributed by atoms with Gasteiger partial charge in [-0.25, -0.2) is 4.79 Å². The van der Waals surface area contributed by atoms with Crippen molar-refractivity contribution in [3.63, 3.8) is 0 Å². The molecule has 1 aliphatic carbocycles. The minimum absolute atomic E-state index is 0.316. The van der Waals surface area contributed by atoms with E-state index in [1.165, 1.54) is 6.20 Å². The lowest BCUT2D eigenvalue weighted by Crippen LogP contribution is -2.23. The molecule has 0 amide bonds. The summed E-state index contributed by atoms with van der Waals surface area (Å²) >= 11 is 0. The first-order chi connectivity index (χ1) is 17.1. The second kappa shape index (κ2) is 11.4. The van der Waals surface area contributed by atoms with E-state index < -0.39 is 0 Å². The average Bonchev–Trinajstić information content (AvgIpc) is 3.13. The van der Waals surface area contributed by atoms with Gasteiger partial charge in [-0.2, -0.15) is 0 Å². The molecule has 2 aromatic rings. The third-order valence-electron chi connectivity index (χ3n) is 5.77. The molecule has 0 spiro atoms. The van der Waals surface area contributed by atoms with Crippen LogP contribution < -0.4 is 9.64 Å². The molecule has 6 nitrogen and oxygen atoms in total. The molecule has 4 rings (SSSR count). The van der Waals surface area contributed by atoms with Gasteiger partial charge in [0.1, 0.15) is 18.1 Å². The summed E-state index contributed by atoms with van der Waals surface area (Å²) in [7, 11) is 1.67. The molecule has 2 aliphatic rings. The van der Waals surface area contributed by atoms with Crippen LogP contribution >= 0.6 is 0 Å². The van der Waals surface area contributed by atoms with E-state index in [2.05, 4.69) is 41.1 Å². The number of para-hydroxylation sites is 1. The summed E-state index contributed by atoms with van der Waals surface area (Å²) in [6.45, 7) is 4.60. The number of carbonyl (C=O) groups excluding carboxylic acids is 1. The molecule has 1 aromatic carbocycles. The Morgan fingerprint density at radius 2 is 1.89 bits per heavy atom. The Labute approximate surface area is 206 Å². The maximum Gasteiger partial charge on any atom is 0.339 e. The monoisotopic (exact) mass is 470 g/mol. The number of benzene rings is 1. The third kappa shape index (κ3) is 5.72. The maximum absolute atomic E-state index is 12.3. The van der Waals surface area contributed by atoms with Crippen LogP contribution in [0.1, 0.15) is 42.6 Å². The minimum atomic E-state index is -0.384. The van der Waals surface area contributed by atoms with Crippen molar-refractivity contribution in [1.82, 2.24) is 4.98 Å². The molecule has 35 heavy (non-hydrogen) atoms. The van der Waals surface area contributed by atoms with Crippen LogP contribution in [0.15, 0.2) is 96.2 Å². The average molecular weight is 471 g/mol. The number of ether oxygens (including phenoxy) is 3. The number of allylic oxidation sites excluding steroid dienone is 6. The highest BCUT2D eigenvalue weighted by atomic mass is 16.5. The fourth-order valence-electron chi connectivity index (χ4n) is 4.04.